The molecule has 0 saturated carbocycles. The fourth-order valence-electron chi connectivity index (χ4n) is 2.28. The zero-order valence-electron chi connectivity index (χ0n) is 12.6. The van der Waals surface area contributed by atoms with E-state index in [1.165, 1.54) is 0 Å². The molecule has 0 spiro atoms. The third-order valence-electron chi connectivity index (χ3n) is 3.34. The Balaban J connectivity index is 1.60. The van der Waals surface area contributed by atoms with Crippen molar-refractivity contribution in [1.82, 2.24) is 26.0 Å². The van der Waals surface area contributed by atoms with Crippen LogP contribution in [0, 0.1) is 13.8 Å². The number of hydrogen-bond donors (Lipinski definition) is 3. The number of amides is 2. The summed E-state index contributed by atoms with van der Waals surface area (Å²) in [6.45, 7) is 3.28. The average Bonchev–Trinajstić information content (AvgIpc) is 3.07. The van der Waals surface area contributed by atoms with Gasteiger partial charge in [0.25, 0.3) is 5.91 Å². The van der Waals surface area contributed by atoms with Gasteiger partial charge in [-0.25, -0.2) is 4.98 Å². The van der Waals surface area contributed by atoms with Crippen molar-refractivity contribution in [3.63, 3.8) is 0 Å². The number of nitrogens with one attached hydrogen (secondary N) is 3. The van der Waals surface area contributed by atoms with Gasteiger partial charge in [0.15, 0.2) is 0 Å². The van der Waals surface area contributed by atoms with Gasteiger partial charge in [0.05, 0.1) is 23.1 Å². The summed E-state index contributed by atoms with van der Waals surface area (Å²) in [6, 6.07) is 7.49. The van der Waals surface area contributed by atoms with Crippen LogP contribution in [0.3, 0.4) is 0 Å². The molecule has 0 unspecified atom stereocenters. The largest absolute Gasteiger partial charge is 0.361 e. The molecule has 2 aromatic heterocycles. The van der Waals surface area contributed by atoms with Crippen LogP contribution in [0.2, 0.25) is 0 Å². The van der Waals surface area contributed by atoms with Crippen molar-refractivity contribution < 1.29 is 14.1 Å². The molecule has 118 valence electrons. The van der Waals surface area contributed by atoms with Crippen LogP contribution in [0.15, 0.2) is 28.8 Å². The summed E-state index contributed by atoms with van der Waals surface area (Å²) >= 11 is 0. The predicted molar refractivity (Wildman–Crippen MR) is 81.4 cm³/mol. The van der Waals surface area contributed by atoms with E-state index < -0.39 is 5.91 Å². The first kappa shape index (κ1) is 14.8. The SMILES string of the molecule is Cc1noc(C)c1C(=O)NNC(=O)Cc1nc2ccccc2[nH]1. The molecule has 0 saturated heterocycles. The topological polar surface area (TPSA) is 113 Å². The first-order valence-corrected chi connectivity index (χ1v) is 7.00. The van der Waals surface area contributed by atoms with Gasteiger partial charge in [0.1, 0.15) is 17.1 Å². The van der Waals surface area contributed by atoms with Gasteiger partial charge in [-0.3, -0.25) is 20.4 Å². The molecule has 3 aromatic rings. The summed E-state index contributed by atoms with van der Waals surface area (Å²) in [4.78, 5) is 31.3. The number of hydrazine groups is 1. The summed E-state index contributed by atoms with van der Waals surface area (Å²) in [5, 5.41) is 3.69. The minimum absolute atomic E-state index is 0.0244. The van der Waals surface area contributed by atoms with Crippen molar-refractivity contribution in [2.45, 2.75) is 20.3 Å². The monoisotopic (exact) mass is 313 g/mol. The molecule has 0 aliphatic heterocycles. The van der Waals surface area contributed by atoms with Crippen molar-refractivity contribution in [3.8, 4) is 0 Å². The first-order valence-electron chi connectivity index (χ1n) is 7.00. The van der Waals surface area contributed by atoms with Crippen molar-refractivity contribution >= 4 is 22.8 Å². The van der Waals surface area contributed by atoms with Crippen LogP contribution in [-0.4, -0.2) is 26.9 Å². The molecule has 0 fully saturated rings. The molecule has 3 N–H and O–H groups in total. The molecule has 1 aromatic carbocycles. The van der Waals surface area contributed by atoms with Gasteiger partial charge in [0, 0.05) is 0 Å². The number of carbonyl (C=O) groups is 2. The standard InChI is InChI=1S/C15H15N5O3/c1-8-14(9(2)23-20-8)15(22)19-18-13(21)7-12-16-10-5-3-4-6-11(10)17-12/h3-6H,7H2,1-2H3,(H,16,17)(H,18,21)(H,19,22). The second-order valence-electron chi connectivity index (χ2n) is 5.08. The minimum atomic E-state index is -0.473. The molecule has 0 radical (unpaired) electrons. The Bertz CT molecular complexity index is 828. The van der Waals surface area contributed by atoms with Crippen molar-refractivity contribution in [1.29, 1.82) is 0 Å². The summed E-state index contributed by atoms with van der Waals surface area (Å²) < 4.78 is 4.91. The van der Waals surface area contributed by atoms with Crippen LogP contribution in [0.25, 0.3) is 11.0 Å². The number of carbonyl (C=O) groups excluding carboxylic acids is 2. The number of hydrogen-bond acceptors (Lipinski definition) is 5. The molecular formula is C15H15N5O3. The molecule has 2 heterocycles. The molecule has 8 nitrogen and oxygen atoms in total. The number of aryl methyl sites for hydroxylation is 2. The van der Waals surface area contributed by atoms with E-state index in [-0.39, 0.29) is 12.3 Å². The number of aromatic amines is 1. The van der Waals surface area contributed by atoms with E-state index in [9.17, 15) is 9.59 Å². The number of benzene rings is 1. The van der Waals surface area contributed by atoms with Crippen molar-refractivity contribution in [2.24, 2.45) is 0 Å². The number of rotatable bonds is 3. The van der Waals surface area contributed by atoms with Crippen molar-refractivity contribution in [2.75, 3.05) is 0 Å². The summed E-state index contributed by atoms with van der Waals surface area (Å²) in [7, 11) is 0. The summed E-state index contributed by atoms with van der Waals surface area (Å²) in [5.74, 6) is 0.0604. The highest BCUT2D eigenvalue weighted by molar-refractivity contribution is 5.97. The predicted octanol–water partition coefficient (Wildman–Crippen LogP) is 1.17. The highest BCUT2D eigenvalue weighted by Crippen LogP contribution is 2.12. The van der Waals surface area contributed by atoms with Crippen LogP contribution in [-0.2, 0) is 11.2 Å². The van der Waals surface area contributed by atoms with Crippen LogP contribution in [0.1, 0.15) is 27.6 Å². The van der Waals surface area contributed by atoms with E-state index in [1.807, 2.05) is 24.3 Å². The number of fused-ring (bicyclic) bond motifs is 1. The van der Waals surface area contributed by atoms with Gasteiger partial charge in [0.2, 0.25) is 5.91 Å². The smallest absolute Gasteiger partial charge is 0.275 e. The Labute approximate surface area is 131 Å². The molecule has 8 heteroatoms. The summed E-state index contributed by atoms with van der Waals surface area (Å²) in [5.41, 5.74) is 7.11. The molecule has 0 aliphatic rings. The van der Waals surface area contributed by atoms with Crippen LogP contribution < -0.4 is 10.9 Å². The van der Waals surface area contributed by atoms with E-state index in [0.29, 0.717) is 22.8 Å². The van der Waals surface area contributed by atoms with Gasteiger partial charge in [-0.2, -0.15) is 0 Å². The lowest BCUT2D eigenvalue weighted by atomic mass is 10.2. The Morgan fingerprint density at radius 1 is 1.22 bits per heavy atom. The quantitative estimate of drug-likeness (QED) is 0.628. The third kappa shape index (κ3) is 3.05. The maximum atomic E-state index is 12.0. The second-order valence-corrected chi connectivity index (χ2v) is 5.08. The number of imidazole rings is 1. The molecule has 0 aliphatic carbocycles. The van der Waals surface area contributed by atoms with Crippen LogP contribution in [0.4, 0.5) is 0 Å². The van der Waals surface area contributed by atoms with E-state index in [2.05, 4.69) is 26.0 Å². The fourth-order valence-corrected chi connectivity index (χ4v) is 2.28. The van der Waals surface area contributed by atoms with Gasteiger partial charge >= 0.3 is 0 Å². The fraction of sp³-hybridized carbons (Fsp3) is 0.200. The maximum Gasteiger partial charge on any atom is 0.275 e. The maximum absolute atomic E-state index is 12.0. The molecule has 0 atom stereocenters. The van der Waals surface area contributed by atoms with Gasteiger partial charge < -0.3 is 9.51 Å². The Hall–Kier alpha value is -3.16. The Kier molecular flexibility index (Phi) is 3.80. The number of aromatic nitrogens is 3. The highest BCUT2D eigenvalue weighted by Gasteiger charge is 2.18. The molecule has 2 amide bonds. The average molecular weight is 313 g/mol. The van der Waals surface area contributed by atoms with Gasteiger partial charge in [-0.15, -0.1) is 0 Å². The van der Waals surface area contributed by atoms with Crippen LogP contribution >= 0.6 is 0 Å². The van der Waals surface area contributed by atoms with E-state index in [1.54, 1.807) is 13.8 Å². The van der Waals surface area contributed by atoms with Crippen molar-refractivity contribution in [3.05, 3.63) is 47.1 Å². The highest BCUT2D eigenvalue weighted by atomic mass is 16.5. The summed E-state index contributed by atoms with van der Waals surface area (Å²) in [6.07, 6.45) is 0.0244. The van der Waals surface area contributed by atoms with Gasteiger partial charge in [-0.1, -0.05) is 17.3 Å². The first-order chi connectivity index (χ1) is 11.0. The molecular weight excluding hydrogens is 298 g/mol. The number of H-pyrrole nitrogens is 1. The number of para-hydroxylation sites is 2. The van der Waals surface area contributed by atoms with E-state index in [0.717, 1.165) is 11.0 Å². The molecule has 0 bridgehead atoms. The molecule has 23 heavy (non-hydrogen) atoms. The lowest BCUT2D eigenvalue weighted by molar-refractivity contribution is -0.121. The van der Waals surface area contributed by atoms with E-state index >= 15 is 0 Å². The normalized spacial score (nSPS) is 10.7. The zero-order chi connectivity index (χ0) is 16.4. The van der Waals surface area contributed by atoms with E-state index in [4.69, 9.17) is 4.52 Å². The third-order valence-corrected chi connectivity index (χ3v) is 3.34. The van der Waals surface area contributed by atoms with Gasteiger partial charge in [-0.05, 0) is 26.0 Å². The Morgan fingerprint density at radius 2 is 2.00 bits per heavy atom. The minimum Gasteiger partial charge on any atom is -0.361 e. The lowest BCUT2D eigenvalue weighted by Gasteiger charge is -2.06. The molecule has 3 rings (SSSR count). The second kappa shape index (κ2) is 5.91. The lowest BCUT2D eigenvalue weighted by Crippen LogP contribution is -2.42. The number of nitrogens with zero attached hydrogens (tertiary/aromatic N) is 2. The van der Waals surface area contributed by atoms with Crippen LogP contribution in [0.5, 0.6) is 0 Å². The zero-order valence-corrected chi connectivity index (χ0v) is 12.6. The Morgan fingerprint density at radius 3 is 2.70 bits per heavy atom.